The van der Waals surface area contributed by atoms with Crippen LogP contribution in [0.1, 0.15) is 46.8 Å². The summed E-state index contributed by atoms with van der Waals surface area (Å²) in [7, 11) is -3.08. The maximum absolute atomic E-state index is 12.6. The van der Waals surface area contributed by atoms with Crippen molar-refractivity contribution in [3.05, 3.63) is 21.4 Å². The molecule has 1 aliphatic carbocycles. The molecule has 1 aromatic heterocycles. The van der Waals surface area contributed by atoms with Crippen molar-refractivity contribution in [3.63, 3.8) is 0 Å². The summed E-state index contributed by atoms with van der Waals surface area (Å²) in [6.07, 6.45) is 3.58. The van der Waals surface area contributed by atoms with Crippen molar-refractivity contribution in [1.29, 1.82) is 0 Å². The van der Waals surface area contributed by atoms with E-state index in [-0.39, 0.29) is 36.0 Å². The summed E-state index contributed by atoms with van der Waals surface area (Å²) in [5.74, 6) is -0.477. The van der Waals surface area contributed by atoms with Crippen LogP contribution in [0.2, 0.25) is 0 Å². The van der Waals surface area contributed by atoms with Gasteiger partial charge >= 0.3 is 5.97 Å². The van der Waals surface area contributed by atoms with E-state index in [0.717, 1.165) is 19.3 Å². The fourth-order valence-electron chi connectivity index (χ4n) is 3.58. The predicted octanol–water partition coefficient (Wildman–Crippen LogP) is 2.07. The first-order chi connectivity index (χ1) is 12.2. The van der Waals surface area contributed by atoms with Crippen LogP contribution in [0, 0.1) is 5.92 Å². The number of ether oxygens (including phenoxy) is 1. The molecule has 1 aliphatic heterocycles. The van der Waals surface area contributed by atoms with Gasteiger partial charge in [0.15, 0.2) is 16.4 Å². The highest BCUT2D eigenvalue weighted by Crippen LogP contribution is 2.31. The van der Waals surface area contributed by atoms with Gasteiger partial charge in [-0.25, -0.2) is 13.2 Å². The van der Waals surface area contributed by atoms with Gasteiger partial charge in [-0.15, -0.1) is 11.3 Å². The van der Waals surface area contributed by atoms with Gasteiger partial charge in [0.2, 0.25) is 0 Å². The number of sulfone groups is 1. The lowest BCUT2D eigenvalue weighted by atomic mass is 10.1. The Morgan fingerprint density at radius 1 is 1.35 bits per heavy atom. The van der Waals surface area contributed by atoms with Crippen molar-refractivity contribution < 1.29 is 22.7 Å². The van der Waals surface area contributed by atoms with E-state index in [2.05, 4.69) is 0 Å². The zero-order valence-corrected chi connectivity index (χ0v) is 16.8. The van der Waals surface area contributed by atoms with Crippen LogP contribution in [0.4, 0.5) is 0 Å². The molecule has 0 unspecified atom stereocenters. The molecule has 1 aromatic rings. The SMILES string of the molecule is CC(C)CN(C(=O)COC(=O)c1cc2c(s1)CCC2)[C@H]1CCS(=O)(=O)C1. The number of esters is 1. The largest absolute Gasteiger partial charge is 0.451 e. The third-order valence-electron chi connectivity index (χ3n) is 4.81. The van der Waals surface area contributed by atoms with Crippen molar-refractivity contribution >= 4 is 33.1 Å². The van der Waals surface area contributed by atoms with Gasteiger partial charge in [-0.05, 0) is 43.2 Å². The average molecular weight is 400 g/mol. The number of carbonyl (C=O) groups excluding carboxylic acids is 2. The lowest BCUT2D eigenvalue weighted by molar-refractivity contribution is -0.137. The number of hydrogen-bond acceptors (Lipinski definition) is 6. The molecule has 0 aromatic carbocycles. The summed E-state index contributed by atoms with van der Waals surface area (Å²) in [4.78, 5) is 28.2. The molecule has 0 N–H and O–H groups in total. The number of aryl methyl sites for hydroxylation is 2. The van der Waals surface area contributed by atoms with Gasteiger partial charge in [0.05, 0.1) is 11.5 Å². The highest BCUT2D eigenvalue weighted by atomic mass is 32.2. The second kappa shape index (κ2) is 7.68. The fraction of sp³-hybridized carbons (Fsp3) is 0.667. The Labute approximate surface area is 158 Å². The first-order valence-electron chi connectivity index (χ1n) is 9.04. The third kappa shape index (κ3) is 4.46. The molecule has 6 nitrogen and oxygen atoms in total. The maximum atomic E-state index is 12.6. The molecule has 8 heteroatoms. The van der Waals surface area contributed by atoms with E-state index in [9.17, 15) is 18.0 Å². The first-order valence-corrected chi connectivity index (χ1v) is 11.7. The normalized spacial score (nSPS) is 21.0. The Bertz CT molecular complexity index is 775. The van der Waals surface area contributed by atoms with Crippen LogP contribution in [0.5, 0.6) is 0 Å². The molecule has 1 saturated heterocycles. The van der Waals surface area contributed by atoms with Gasteiger partial charge in [0.25, 0.3) is 5.91 Å². The van der Waals surface area contributed by atoms with Gasteiger partial charge in [-0.2, -0.15) is 0 Å². The van der Waals surface area contributed by atoms with Crippen molar-refractivity contribution in [2.45, 2.75) is 45.6 Å². The zero-order chi connectivity index (χ0) is 18.9. The quantitative estimate of drug-likeness (QED) is 0.684. The topological polar surface area (TPSA) is 80.8 Å². The molecule has 1 atom stereocenters. The van der Waals surface area contributed by atoms with Crippen LogP contribution < -0.4 is 0 Å². The minimum atomic E-state index is -3.08. The maximum Gasteiger partial charge on any atom is 0.348 e. The van der Waals surface area contributed by atoms with Crippen LogP contribution in [0.25, 0.3) is 0 Å². The van der Waals surface area contributed by atoms with Crippen LogP contribution >= 0.6 is 11.3 Å². The Morgan fingerprint density at radius 2 is 2.12 bits per heavy atom. The van der Waals surface area contributed by atoms with Gasteiger partial charge < -0.3 is 9.64 Å². The summed E-state index contributed by atoms with van der Waals surface area (Å²) < 4.78 is 28.7. The van der Waals surface area contributed by atoms with Gasteiger partial charge in [-0.3, -0.25) is 4.79 Å². The molecule has 0 radical (unpaired) electrons. The zero-order valence-electron chi connectivity index (χ0n) is 15.2. The Kier molecular flexibility index (Phi) is 5.72. The van der Waals surface area contributed by atoms with E-state index in [0.29, 0.717) is 17.8 Å². The molecule has 0 spiro atoms. The van der Waals surface area contributed by atoms with E-state index in [1.807, 2.05) is 19.9 Å². The van der Waals surface area contributed by atoms with Crippen LogP contribution in [-0.2, 0) is 32.2 Å². The Hall–Kier alpha value is -1.41. The summed E-state index contributed by atoms with van der Waals surface area (Å²) in [6.45, 7) is 4.07. The van der Waals surface area contributed by atoms with Gasteiger partial charge in [0.1, 0.15) is 4.88 Å². The summed E-state index contributed by atoms with van der Waals surface area (Å²) >= 11 is 1.45. The van der Waals surface area contributed by atoms with Crippen LogP contribution in [0.15, 0.2) is 6.07 Å². The Morgan fingerprint density at radius 3 is 2.73 bits per heavy atom. The second-order valence-corrected chi connectivity index (χ2v) is 10.9. The second-order valence-electron chi connectivity index (χ2n) is 7.49. The van der Waals surface area contributed by atoms with E-state index < -0.39 is 15.8 Å². The van der Waals surface area contributed by atoms with Crippen molar-refractivity contribution in [1.82, 2.24) is 4.90 Å². The van der Waals surface area contributed by atoms with E-state index in [1.165, 1.54) is 21.8 Å². The lowest BCUT2D eigenvalue weighted by Crippen LogP contribution is -2.45. The summed E-state index contributed by atoms with van der Waals surface area (Å²) in [6, 6.07) is 1.55. The first kappa shape index (κ1) is 19.4. The number of carbonyl (C=O) groups is 2. The minimum absolute atomic E-state index is 0.00293. The Balaban J connectivity index is 1.60. The molecule has 1 amide bonds. The molecule has 2 heterocycles. The molecule has 0 saturated carbocycles. The third-order valence-corrected chi connectivity index (χ3v) is 7.77. The minimum Gasteiger partial charge on any atom is -0.451 e. The molecule has 26 heavy (non-hydrogen) atoms. The molecular formula is C18H25NO5S2. The standard InChI is InChI=1S/C18H25NO5S2/c1-12(2)9-19(14-6-7-26(22,23)11-14)17(20)10-24-18(21)16-8-13-4-3-5-15(13)25-16/h8,12,14H,3-7,9-11H2,1-2H3/t14-/m0/s1. The average Bonchev–Trinajstić information content (AvgIpc) is 3.23. The number of rotatable bonds is 6. The van der Waals surface area contributed by atoms with Crippen molar-refractivity contribution in [2.24, 2.45) is 5.92 Å². The van der Waals surface area contributed by atoms with Crippen molar-refractivity contribution in [3.8, 4) is 0 Å². The fourth-order valence-corrected chi connectivity index (χ4v) is 6.46. The van der Waals surface area contributed by atoms with E-state index in [1.54, 1.807) is 4.90 Å². The smallest absolute Gasteiger partial charge is 0.348 e. The monoisotopic (exact) mass is 399 g/mol. The molecule has 144 valence electrons. The molecule has 3 rings (SSSR count). The van der Waals surface area contributed by atoms with Crippen molar-refractivity contribution in [2.75, 3.05) is 24.7 Å². The number of amides is 1. The van der Waals surface area contributed by atoms with Crippen LogP contribution in [0.3, 0.4) is 0 Å². The van der Waals surface area contributed by atoms with E-state index in [4.69, 9.17) is 4.74 Å². The molecule has 1 fully saturated rings. The molecule has 2 aliphatic rings. The lowest BCUT2D eigenvalue weighted by Gasteiger charge is -2.29. The summed E-state index contributed by atoms with van der Waals surface area (Å²) in [5.41, 5.74) is 1.21. The van der Waals surface area contributed by atoms with Gasteiger partial charge in [0, 0.05) is 17.5 Å². The molecular weight excluding hydrogens is 374 g/mol. The number of nitrogens with zero attached hydrogens (tertiary/aromatic N) is 1. The number of fused-ring (bicyclic) bond motifs is 1. The highest BCUT2D eigenvalue weighted by Gasteiger charge is 2.35. The number of hydrogen-bond donors (Lipinski definition) is 0. The predicted molar refractivity (Wildman–Crippen MR) is 100 cm³/mol. The van der Waals surface area contributed by atoms with Gasteiger partial charge in [-0.1, -0.05) is 13.8 Å². The summed E-state index contributed by atoms with van der Waals surface area (Å²) in [5, 5.41) is 0. The van der Waals surface area contributed by atoms with Crippen LogP contribution in [-0.4, -0.2) is 55.9 Å². The van der Waals surface area contributed by atoms with E-state index >= 15 is 0 Å². The number of thiophene rings is 1. The molecule has 0 bridgehead atoms. The highest BCUT2D eigenvalue weighted by molar-refractivity contribution is 7.91.